The molecule has 0 unspecified atom stereocenters. The number of carbonyl (C=O) groups excluding carboxylic acids is 4. The fraction of sp³-hybridized carbons (Fsp3) is 0.304. The van der Waals surface area contributed by atoms with E-state index in [2.05, 4.69) is 10.6 Å². The van der Waals surface area contributed by atoms with Gasteiger partial charge in [0, 0.05) is 5.02 Å². The second kappa shape index (κ2) is 9.50. The van der Waals surface area contributed by atoms with Crippen molar-refractivity contribution >= 4 is 46.8 Å². The zero-order chi connectivity index (χ0) is 24.3. The van der Waals surface area contributed by atoms with Crippen molar-refractivity contribution in [2.45, 2.75) is 44.9 Å². The lowest BCUT2D eigenvalue weighted by Crippen LogP contribution is -2.60. The summed E-state index contributed by atoms with van der Waals surface area (Å²) in [4.78, 5) is 51.4. The minimum Gasteiger partial charge on any atom is -0.452 e. The number of benzene rings is 2. The number of fused-ring (bicyclic) bond motifs is 1. The van der Waals surface area contributed by atoms with Gasteiger partial charge in [0.2, 0.25) is 5.91 Å². The topological polar surface area (TPSA) is 131 Å². The highest BCUT2D eigenvalue weighted by Gasteiger charge is 2.45. The van der Waals surface area contributed by atoms with Gasteiger partial charge in [-0.3, -0.25) is 19.3 Å². The number of hydrogen-bond donors (Lipinski definition) is 3. The minimum absolute atomic E-state index is 0.301. The largest absolute Gasteiger partial charge is 0.452 e. The Labute approximate surface area is 196 Å². The van der Waals surface area contributed by atoms with Crippen LogP contribution in [0.1, 0.15) is 38.8 Å². The van der Waals surface area contributed by atoms with Crippen LogP contribution in [0.2, 0.25) is 5.02 Å². The van der Waals surface area contributed by atoms with Crippen LogP contribution in [0.15, 0.2) is 48.5 Å². The molecule has 4 amide bonds. The molecule has 1 heterocycles. The first kappa shape index (κ1) is 24.1. The molecule has 0 saturated heterocycles. The molecule has 10 heteroatoms. The molecule has 0 aliphatic carbocycles. The molecule has 2 aromatic carbocycles. The van der Waals surface area contributed by atoms with E-state index in [9.17, 15) is 19.2 Å². The van der Waals surface area contributed by atoms with Crippen molar-refractivity contribution in [2.24, 2.45) is 5.73 Å². The second-order valence-electron chi connectivity index (χ2n) is 8.12. The highest BCUT2D eigenvalue weighted by molar-refractivity contribution is 6.31. The number of halogens is 1. The summed E-state index contributed by atoms with van der Waals surface area (Å²) >= 11 is 6.19. The molecule has 174 valence electrons. The monoisotopic (exact) mass is 472 g/mol. The van der Waals surface area contributed by atoms with Crippen molar-refractivity contribution < 1.29 is 23.9 Å². The Kier molecular flexibility index (Phi) is 6.92. The number of hydrogen-bond acceptors (Lipinski definition) is 5. The number of anilines is 2. The van der Waals surface area contributed by atoms with Gasteiger partial charge in [0.1, 0.15) is 5.54 Å². The Balaban J connectivity index is 1.78. The zero-order valence-electron chi connectivity index (χ0n) is 18.4. The number of nitrogens with zero attached hydrogens (tertiary/aromatic N) is 1. The molecule has 0 radical (unpaired) electrons. The van der Waals surface area contributed by atoms with E-state index in [1.165, 1.54) is 11.8 Å². The average Bonchev–Trinajstić information content (AvgIpc) is 2.73. The molecular formula is C23H25ClN4O5. The number of carbonyl (C=O) groups is 4. The molecule has 2 aromatic rings. The predicted octanol–water partition coefficient (Wildman–Crippen LogP) is 3.14. The van der Waals surface area contributed by atoms with Crippen LogP contribution < -0.4 is 21.3 Å². The summed E-state index contributed by atoms with van der Waals surface area (Å²) in [6, 6.07) is 11.9. The molecule has 0 saturated carbocycles. The number of nitrogens with two attached hydrogens (primary N) is 1. The van der Waals surface area contributed by atoms with Gasteiger partial charge in [0.25, 0.3) is 5.91 Å². The van der Waals surface area contributed by atoms with E-state index in [1.54, 1.807) is 62.4 Å². The van der Waals surface area contributed by atoms with Crippen LogP contribution in [0, 0.1) is 0 Å². The van der Waals surface area contributed by atoms with Gasteiger partial charge in [-0.2, -0.15) is 0 Å². The smallest absolute Gasteiger partial charge is 0.312 e. The van der Waals surface area contributed by atoms with Crippen molar-refractivity contribution in [3.05, 3.63) is 59.1 Å². The molecular weight excluding hydrogens is 448 g/mol. The van der Waals surface area contributed by atoms with E-state index in [-0.39, 0.29) is 12.3 Å². The van der Waals surface area contributed by atoms with Crippen LogP contribution in [0.5, 0.6) is 0 Å². The molecule has 9 nitrogen and oxygen atoms in total. The van der Waals surface area contributed by atoms with Gasteiger partial charge in [-0.15, -0.1) is 0 Å². The molecule has 0 aromatic heterocycles. The maximum absolute atomic E-state index is 13.3. The Morgan fingerprint density at radius 3 is 2.45 bits per heavy atom. The number of ether oxygens (including phenoxy) is 1. The number of urea groups is 1. The minimum atomic E-state index is -1.21. The van der Waals surface area contributed by atoms with Crippen LogP contribution in [-0.4, -0.2) is 35.5 Å². The fourth-order valence-electron chi connectivity index (χ4n) is 3.66. The molecule has 0 bridgehead atoms. The number of esters is 1. The van der Waals surface area contributed by atoms with E-state index < -0.39 is 35.6 Å². The standard InChI is InChI=1S/C23H25ClN4O5/c1-13(20(30)28-18-11-7-6-10-16(18)26-21(31)23(28,2)3)33-19(29)12-17(27-22(25)32)14-8-4-5-9-15(14)24/h4-11,13,17H,12H2,1-3H3,(H,26,31)(H3,25,27,32)/t13-,17+/m1/s1. The van der Waals surface area contributed by atoms with Crippen LogP contribution in [0.4, 0.5) is 16.2 Å². The van der Waals surface area contributed by atoms with Crippen LogP contribution in [0.3, 0.4) is 0 Å². The third-order valence-electron chi connectivity index (χ3n) is 5.35. The summed E-state index contributed by atoms with van der Waals surface area (Å²) in [5.41, 5.74) is 5.51. The van der Waals surface area contributed by atoms with Crippen molar-refractivity contribution in [3.8, 4) is 0 Å². The third-order valence-corrected chi connectivity index (χ3v) is 5.70. The molecule has 1 aliphatic heterocycles. The van der Waals surface area contributed by atoms with E-state index in [0.29, 0.717) is 22.0 Å². The van der Waals surface area contributed by atoms with Gasteiger partial charge in [0.05, 0.1) is 23.8 Å². The van der Waals surface area contributed by atoms with Crippen molar-refractivity contribution in [1.29, 1.82) is 0 Å². The van der Waals surface area contributed by atoms with Gasteiger partial charge in [-0.1, -0.05) is 41.9 Å². The van der Waals surface area contributed by atoms with E-state index in [4.69, 9.17) is 22.1 Å². The first-order chi connectivity index (χ1) is 15.5. The van der Waals surface area contributed by atoms with E-state index >= 15 is 0 Å². The van der Waals surface area contributed by atoms with Gasteiger partial charge in [0.15, 0.2) is 6.10 Å². The number of nitrogens with one attached hydrogen (secondary N) is 2. The third kappa shape index (κ3) is 5.09. The van der Waals surface area contributed by atoms with Crippen LogP contribution in [0.25, 0.3) is 0 Å². The first-order valence-corrected chi connectivity index (χ1v) is 10.6. The SMILES string of the molecule is C[C@@H](OC(=O)C[C@H](NC(N)=O)c1ccccc1Cl)C(=O)N1c2ccccc2NC(=O)C1(C)C. The average molecular weight is 473 g/mol. The van der Waals surface area contributed by atoms with Crippen LogP contribution in [-0.2, 0) is 19.1 Å². The summed E-state index contributed by atoms with van der Waals surface area (Å²) in [6.07, 6.45) is -1.50. The summed E-state index contributed by atoms with van der Waals surface area (Å²) < 4.78 is 5.39. The maximum Gasteiger partial charge on any atom is 0.312 e. The number of para-hydroxylation sites is 2. The van der Waals surface area contributed by atoms with Gasteiger partial charge < -0.3 is 21.1 Å². The quantitative estimate of drug-likeness (QED) is 0.556. The Bertz CT molecular complexity index is 1100. The summed E-state index contributed by atoms with van der Waals surface area (Å²) in [5, 5.41) is 5.59. The molecule has 0 spiro atoms. The van der Waals surface area contributed by atoms with Crippen molar-refractivity contribution in [1.82, 2.24) is 5.32 Å². The predicted molar refractivity (Wildman–Crippen MR) is 124 cm³/mol. The van der Waals surface area contributed by atoms with Crippen molar-refractivity contribution in [3.63, 3.8) is 0 Å². The van der Waals surface area contributed by atoms with Crippen LogP contribution >= 0.6 is 11.6 Å². The summed E-state index contributed by atoms with van der Waals surface area (Å²) in [5.74, 6) is -1.67. The molecule has 1 aliphatic rings. The Morgan fingerprint density at radius 2 is 1.79 bits per heavy atom. The van der Waals surface area contributed by atoms with E-state index in [1.807, 2.05) is 0 Å². The Morgan fingerprint density at radius 1 is 1.15 bits per heavy atom. The Hall–Kier alpha value is -3.59. The number of rotatable bonds is 6. The molecule has 33 heavy (non-hydrogen) atoms. The first-order valence-electron chi connectivity index (χ1n) is 10.3. The highest BCUT2D eigenvalue weighted by Crippen LogP contribution is 2.37. The van der Waals surface area contributed by atoms with Gasteiger partial charge in [-0.25, -0.2) is 4.79 Å². The lowest BCUT2D eigenvalue weighted by molar-refractivity contribution is -0.154. The maximum atomic E-state index is 13.3. The lowest BCUT2D eigenvalue weighted by atomic mass is 9.95. The molecule has 0 fully saturated rings. The second-order valence-corrected chi connectivity index (χ2v) is 8.53. The highest BCUT2D eigenvalue weighted by atomic mass is 35.5. The summed E-state index contributed by atoms with van der Waals surface area (Å²) in [7, 11) is 0. The molecule has 3 rings (SSSR count). The van der Waals surface area contributed by atoms with E-state index in [0.717, 1.165) is 0 Å². The lowest BCUT2D eigenvalue weighted by Gasteiger charge is -2.42. The number of amides is 4. The fourth-order valence-corrected chi connectivity index (χ4v) is 3.93. The van der Waals surface area contributed by atoms with Crippen molar-refractivity contribution in [2.75, 3.05) is 10.2 Å². The summed E-state index contributed by atoms with van der Waals surface area (Å²) in [6.45, 7) is 4.64. The van der Waals surface area contributed by atoms with Gasteiger partial charge >= 0.3 is 12.0 Å². The molecule has 2 atom stereocenters. The number of primary amides is 1. The normalized spacial score (nSPS) is 16.1. The zero-order valence-corrected chi connectivity index (χ0v) is 19.2. The molecule has 4 N–H and O–H groups in total. The van der Waals surface area contributed by atoms with Gasteiger partial charge in [-0.05, 0) is 44.5 Å².